The van der Waals surface area contributed by atoms with Crippen LogP contribution in [0, 0.1) is 6.92 Å². The summed E-state index contributed by atoms with van der Waals surface area (Å²) in [5.41, 5.74) is -0.231. The van der Waals surface area contributed by atoms with E-state index in [-0.39, 0.29) is 30.5 Å². The summed E-state index contributed by atoms with van der Waals surface area (Å²) < 4.78 is 11.2. The van der Waals surface area contributed by atoms with E-state index in [1.807, 2.05) is 32.0 Å². The number of nitrogens with one attached hydrogen (secondary N) is 2. The van der Waals surface area contributed by atoms with Gasteiger partial charge in [-0.15, -0.1) is 24.0 Å². The number of nitrogens with zero attached hydrogens (tertiary/aromatic N) is 2. The highest BCUT2D eigenvalue weighted by atomic mass is 127. The maximum Gasteiger partial charge on any atom is 0.218 e. The summed E-state index contributed by atoms with van der Waals surface area (Å²) in [6, 6.07) is 7.44. The van der Waals surface area contributed by atoms with E-state index in [4.69, 9.17) is 9.15 Å². The van der Waals surface area contributed by atoms with Crippen LogP contribution in [-0.4, -0.2) is 35.7 Å². The lowest BCUT2D eigenvalue weighted by atomic mass is 10.0. The van der Waals surface area contributed by atoms with Crippen molar-refractivity contribution in [1.82, 2.24) is 15.6 Å². The second-order valence-electron chi connectivity index (χ2n) is 6.55. The van der Waals surface area contributed by atoms with Crippen LogP contribution >= 0.6 is 24.0 Å². The average molecular weight is 502 g/mol. The molecule has 0 saturated carbocycles. The van der Waals surface area contributed by atoms with Gasteiger partial charge in [0.2, 0.25) is 5.88 Å². The zero-order valence-electron chi connectivity index (χ0n) is 17.0. The molecule has 8 heteroatoms. The van der Waals surface area contributed by atoms with Gasteiger partial charge in [0.1, 0.15) is 17.1 Å². The first-order chi connectivity index (χ1) is 13.0. The van der Waals surface area contributed by atoms with Crippen molar-refractivity contribution < 1.29 is 14.3 Å². The van der Waals surface area contributed by atoms with E-state index in [1.165, 1.54) is 0 Å². The highest BCUT2D eigenvalue weighted by molar-refractivity contribution is 14.0. The third-order valence-corrected chi connectivity index (χ3v) is 3.92. The quantitative estimate of drug-likeness (QED) is 0.277. The lowest BCUT2D eigenvalue weighted by molar-refractivity contribution is 0.0378. The van der Waals surface area contributed by atoms with Crippen LogP contribution in [0.1, 0.15) is 44.3 Å². The molecule has 1 unspecified atom stereocenters. The molecule has 0 aliphatic rings. The van der Waals surface area contributed by atoms with Gasteiger partial charge in [0.05, 0.1) is 19.7 Å². The smallest absolute Gasteiger partial charge is 0.218 e. The largest absolute Gasteiger partial charge is 0.477 e. The minimum atomic E-state index is -1.14. The predicted molar refractivity (Wildman–Crippen MR) is 121 cm³/mol. The topological polar surface area (TPSA) is 91.9 Å². The van der Waals surface area contributed by atoms with Crippen LogP contribution in [0.15, 0.2) is 39.9 Å². The SMILES string of the molecule is CCCOc1ncccc1CN=C(NCC)NCC(C)(O)c1ccc(C)o1.I. The van der Waals surface area contributed by atoms with E-state index in [1.54, 1.807) is 19.2 Å². The fraction of sp³-hybridized carbons (Fsp3) is 0.500. The molecule has 1 atom stereocenters. The second kappa shape index (κ2) is 11.9. The Labute approximate surface area is 184 Å². The molecule has 2 heterocycles. The molecule has 0 saturated heterocycles. The molecular weight excluding hydrogens is 471 g/mol. The molecule has 0 radical (unpaired) electrons. The number of hydrogen-bond acceptors (Lipinski definition) is 5. The van der Waals surface area contributed by atoms with Gasteiger partial charge in [0.15, 0.2) is 5.96 Å². The number of furan rings is 1. The van der Waals surface area contributed by atoms with Crippen molar-refractivity contribution in [3.8, 4) is 5.88 Å². The average Bonchev–Trinajstić information content (AvgIpc) is 3.10. The zero-order valence-corrected chi connectivity index (χ0v) is 19.3. The van der Waals surface area contributed by atoms with Gasteiger partial charge < -0.3 is 24.9 Å². The highest BCUT2D eigenvalue weighted by Gasteiger charge is 2.27. The summed E-state index contributed by atoms with van der Waals surface area (Å²) in [6.45, 7) is 9.62. The molecule has 0 spiro atoms. The van der Waals surface area contributed by atoms with Crippen LogP contribution in [0.4, 0.5) is 0 Å². The van der Waals surface area contributed by atoms with E-state index < -0.39 is 5.60 Å². The molecule has 3 N–H and O–H groups in total. The number of rotatable bonds is 9. The number of halogens is 1. The molecule has 2 aromatic rings. The Balaban J connectivity index is 0.00000392. The Bertz CT molecular complexity index is 747. The lowest BCUT2D eigenvalue weighted by Crippen LogP contribution is -2.44. The molecule has 0 amide bonds. The van der Waals surface area contributed by atoms with E-state index in [9.17, 15) is 5.11 Å². The van der Waals surface area contributed by atoms with Crippen molar-refractivity contribution in [2.24, 2.45) is 4.99 Å². The minimum absolute atomic E-state index is 0. The normalized spacial score (nSPS) is 13.4. The van der Waals surface area contributed by atoms with Crippen LogP contribution in [0.5, 0.6) is 5.88 Å². The van der Waals surface area contributed by atoms with Crippen molar-refractivity contribution in [3.63, 3.8) is 0 Å². The maximum atomic E-state index is 10.7. The summed E-state index contributed by atoms with van der Waals surface area (Å²) in [5, 5.41) is 17.0. The van der Waals surface area contributed by atoms with Crippen LogP contribution in [0.25, 0.3) is 0 Å². The van der Waals surface area contributed by atoms with Gasteiger partial charge in [-0.2, -0.15) is 0 Å². The predicted octanol–water partition coefficient (Wildman–Crippen LogP) is 3.35. The van der Waals surface area contributed by atoms with E-state index in [0.29, 0.717) is 37.3 Å². The van der Waals surface area contributed by atoms with Gasteiger partial charge >= 0.3 is 0 Å². The number of guanidine groups is 1. The Morgan fingerprint density at radius 1 is 1.29 bits per heavy atom. The standard InChI is InChI=1S/C20H30N4O3.HI/c1-5-12-26-18-16(8-7-11-22-18)13-23-19(21-6-2)24-14-20(4,25)17-10-9-15(3)27-17;/h7-11,25H,5-6,12-14H2,1-4H3,(H2,21,23,24);1H. The first-order valence-corrected chi connectivity index (χ1v) is 9.34. The number of pyridine rings is 1. The van der Waals surface area contributed by atoms with Gasteiger partial charge in [-0.05, 0) is 45.4 Å². The van der Waals surface area contributed by atoms with Crippen LogP contribution in [0.2, 0.25) is 0 Å². The molecule has 2 rings (SSSR count). The van der Waals surface area contributed by atoms with Crippen molar-refractivity contribution in [3.05, 3.63) is 47.5 Å². The summed E-state index contributed by atoms with van der Waals surface area (Å²) in [4.78, 5) is 8.87. The molecule has 156 valence electrons. The third kappa shape index (κ3) is 7.31. The van der Waals surface area contributed by atoms with Gasteiger partial charge in [-0.1, -0.05) is 13.0 Å². The lowest BCUT2D eigenvalue weighted by Gasteiger charge is -2.23. The number of aromatic nitrogens is 1. The first kappa shape index (κ1) is 24.2. The van der Waals surface area contributed by atoms with Crippen molar-refractivity contribution in [2.45, 2.75) is 46.3 Å². The molecule has 7 nitrogen and oxygen atoms in total. The molecule has 0 aromatic carbocycles. The molecular formula is C20H31IN4O3. The number of aliphatic imine (C=N–C) groups is 1. The maximum absolute atomic E-state index is 10.7. The summed E-state index contributed by atoms with van der Waals surface area (Å²) in [6.07, 6.45) is 2.63. The Morgan fingerprint density at radius 3 is 2.71 bits per heavy atom. The Morgan fingerprint density at radius 2 is 2.07 bits per heavy atom. The molecule has 0 aliphatic heterocycles. The van der Waals surface area contributed by atoms with Crippen molar-refractivity contribution in [1.29, 1.82) is 0 Å². The number of aliphatic hydroxyl groups is 1. The summed E-state index contributed by atoms with van der Waals surface area (Å²) in [5.74, 6) is 2.50. The van der Waals surface area contributed by atoms with E-state index >= 15 is 0 Å². The summed E-state index contributed by atoms with van der Waals surface area (Å²) >= 11 is 0. The fourth-order valence-corrected chi connectivity index (χ4v) is 2.45. The fourth-order valence-electron chi connectivity index (χ4n) is 2.45. The van der Waals surface area contributed by atoms with Gasteiger partial charge in [0.25, 0.3) is 0 Å². The van der Waals surface area contributed by atoms with E-state index in [0.717, 1.165) is 17.7 Å². The first-order valence-electron chi connectivity index (χ1n) is 9.34. The molecule has 2 aromatic heterocycles. The van der Waals surface area contributed by atoms with Crippen LogP contribution in [-0.2, 0) is 12.1 Å². The molecule has 28 heavy (non-hydrogen) atoms. The van der Waals surface area contributed by atoms with Crippen LogP contribution in [0.3, 0.4) is 0 Å². The molecule has 0 fully saturated rings. The Hall–Kier alpha value is -1.81. The van der Waals surface area contributed by atoms with Crippen LogP contribution < -0.4 is 15.4 Å². The second-order valence-corrected chi connectivity index (χ2v) is 6.55. The van der Waals surface area contributed by atoms with Gasteiger partial charge in [0, 0.05) is 18.3 Å². The molecule has 0 aliphatic carbocycles. The van der Waals surface area contributed by atoms with E-state index in [2.05, 4.69) is 27.5 Å². The highest BCUT2D eigenvalue weighted by Crippen LogP contribution is 2.22. The monoisotopic (exact) mass is 502 g/mol. The van der Waals surface area contributed by atoms with Gasteiger partial charge in [-0.3, -0.25) is 0 Å². The minimum Gasteiger partial charge on any atom is -0.477 e. The number of aryl methyl sites for hydroxylation is 1. The number of ether oxygens (including phenoxy) is 1. The zero-order chi connectivity index (χ0) is 19.7. The Kier molecular flexibility index (Phi) is 10.3. The van der Waals surface area contributed by atoms with Crippen molar-refractivity contribution >= 4 is 29.9 Å². The molecule has 0 bridgehead atoms. The number of hydrogen-bond donors (Lipinski definition) is 3. The van der Waals surface area contributed by atoms with Crippen molar-refractivity contribution in [2.75, 3.05) is 19.7 Å². The van der Waals surface area contributed by atoms with Gasteiger partial charge in [-0.25, -0.2) is 9.98 Å². The third-order valence-electron chi connectivity index (χ3n) is 3.92. The summed E-state index contributed by atoms with van der Waals surface area (Å²) in [7, 11) is 0.